The second kappa shape index (κ2) is 4.37. The Morgan fingerprint density at radius 3 is 2.29 bits per heavy atom. The summed E-state index contributed by atoms with van der Waals surface area (Å²) in [5.74, 6) is 0. The molecule has 0 saturated heterocycles. The van der Waals surface area contributed by atoms with Gasteiger partial charge in [0.2, 0.25) is 0 Å². The first kappa shape index (κ1) is 13.1. The number of hydrogen-bond donors (Lipinski definition) is 0. The minimum absolute atomic E-state index is 0. The third kappa shape index (κ3) is 2.04. The first-order chi connectivity index (χ1) is 7.57. The molecule has 1 aliphatic carbocycles. The molecule has 0 amide bonds. The molecule has 0 saturated carbocycles. The van der Waals surface area contributed by atoms with Gasteiger partial charge in [-0.2, -0.15) is 0 Å². The molecule has 3 rings (SSSR count). The Morgan fingerprint density at radius 2 is 1.65 bits per heavy atom. The molecule has 1 aliphatic rings. The fourth-order valence-corrected chi connectivity index (χ4v) is 3.11. The molecule has 0 unspecified atom stereocenters. The number of benzene rings is 2. The molecule has 3 nitrogen and oxygen atoms in total. The molecule has 0 bridgehead atoms. The van der Waals surface area contributed by atoms with E-state index in [1.165, 1.54) is 6.07 Å². The topological polar surface area (TPSA) is 57.2 Å². The smallest absolute Gasteiger partial charge is 0.744 e. The summed E-state index contributed by atoms with van der Waals surface area (Å²) in [5.41, 5.74) is 2.27. The standard InChI is InChI=1S/C12H10O3S.Na/c13-16(14,15)11-7-6-9-5-4-8-2-1-3-10(11)12(8)9;/h1-3,6-7H,4-5H2,(H,13,14,15);/q;+1/p-1. The average molecular weight is 256 g/mol. The van der Waals surface area contributed by atoms with Gasteiger partial charge < -0.3 is 4.55 Å². The van der Waals surface area contributed by atoms with Gasteiger partial charge in [0.15, 0.2) is 0 Å². The van der Waals surface area contributed by atoms with E-state index < -0.39 is 10.1 Å². The Kier molecular flexibility index (Phi) is 3.36. The van der Waals surface area contributed by atoms with Crippen molar-refractivity contribution >= 4 is 20.9 Å². The van der Waals surface area contributed by atoms with E-state index >= 15 is 0 Å². The van der Waals surface area contributed by atoms with E-state index in [0.717, 1.165) is 29.4 Å². The van der Waals surface area contributed by atoms with Crippen LogP contribution in [0.5, 0.6) is 0 Å². The van der Waals surface area contributed by atoms with Gasteiger partial charge in [0, 0.05) is 0 Å². The van der Waals surface area contributed by atoms with Crippen LogP contribution in [0.15, 0.2) is 35.2 Å². The van der Waals surface area contributed by atoms with E-state index in [-0.39, 0.29) is 34.5 Å². The Morgan fingerprint density at radius 1 is 1.00 bits per heavy atom. The Hall–Kier alpha value is -0.390. The molecule has 0 radical (unpaired) electrons. The summed E-state index contributed by atoms with van der Waals surface area (Å²) >= 11 is 0. The normalized spacial score (nSPS) is 13.7. The van der Waals surface area contributed by atoms with Crippen LogP contribution in [0.25, 0.3) is 10.8 Å². The molecule has 0 aromatic heterocycles. The maximum Gasteiger partial charge on any atom is 1.00 e. The van der Waals surface area contributed by atoms with E-state index in [4.69, 9.17) is 0 Å². The van der Waals surface area contributed by atoms with Crippen molar-refractivity contribution < 1.29 is 42.5 Å². The molecule has 17 heavy (non-hydrogen) atoms. The molecule has 2 aromatic carbocycles. The minimum Gasteiger partial charge on any atom is -0.744 e. The van der Waals surface area contributed by atoms with Crippen molar-refractivity contribution in [1.82, 2.24) is 0 Å². The van der Waals surface area contributed by atoms with Crippen molar-refractivity contribution in [3.05, 3.63) is 41.5 Å². The molecule has 5 heteroatoms. The molecule has 0 fully saturated rings. The molecule has 82 valence electrons. The van der Waals surface area contributed by atoms with Crippen molar-refractivity contribution in [2.45, 2.75) is 17.7 Å². The van der Waals surface area contributed by atoms with Gasteiger partial charge in [0.25, 0.3) is 0 Å². The summed E-state index contributed by atoms with van der Waals surface area (Å²) < 4.78 is 33.4. The van der Waals surface area contributed by atoms with Gasteiger partial charge in [-0.3, -0.25) is 0 Å². The van der Waals surface area contributed by atoms with Crippen LogP contribution in [0, 0.1) is 0 Å². The number of aryl methyl sites for hydroxylation is 2. The van der Waals surface area contributed by atoms with Crippen LogP contribution >= 0.6 is 0 Å². The maximum absolute atomic E-state index is 11.1. The average Bonchev–Trinajstić information content (AvgIpc) is 2.63. The summed E-state index contributed by atoms with van der Waals surface area (Å²) in [6, 6.07) is 8.68. The molecule has 0 heterocycles. The van der Waals surface area contributed by atoms with Gasteiger partial charge in [0.1, 0.15) is 10.1 Å². The van der Waals surface area contributed by atoms with Crippen molar-refractivity contribution in [2.24, 2.45) is 0 Å². The molecule has 0 spiro atoms. The number of rotatable bonds is 1. The second-order valence-corrected chi connectivity index (χ2v) is 5.36. The summed E-state index contributed by atoms with van der Waals surface area (Å²) in [6.45, 7) is 0. The van der Waals surface area contributed by atoms with Crippen LogP contribution in [0.3, 0.4) is 0 Å². The molecule has 0 atom stereocenters. The SMILES string of the molecule is O=S(=O)([O-])c1ccc2c3c(cccc13)CC2.[Na+]. The third-order valence-electron chi connectivity index (χ3n) is 3.11. The fourth-order valence-electron chi connectivity index (χ4n) is 2.44. The van der Waals surface area contributed by atoms with Crippen LogP contribution in [0.1, 0.15) is 11.1 Å². The van der Waals surface area contributed by atoms with Gasteiger partial charge in [0.05, 0.1) is 4.90 Å². The van der Waals surface area contributed by atoms with Gasteiger partial charge >= 0.3 is 29.6 Å². The monoisotopic (exact) mass is 256 g/mol. The first-order valence-electron chi connectivity index (χ1n) is 5.07. The van der Waals surface area contributed by atoms with E-state index in [0.29, 0.717) is 5.39 Å². The minimum atomic E-state index is -4.39. The maximum atomic E-state index is 11.1. The third-order valence-corrected chi connectivity index (χ3v) is 4.00. The van der Waals surface area contributed by atoms with Crippen molar-refractivity contribution in [2.75, 3.05) is 0 Å². The van der Waals surface area contributed by atoms with Gasteiger partial charge in [-0.1, -0.05) is 24.3 Å². The molecule has 2 aromatic rings. The van der Waals surface area contributed by atoms with Crippen LogP contribution in [-0.4, -0.2) is 13.0 Å². The first-order valence-corrected chi connectivity index (χ1v) is 6.47. The van der Waals surface area contributed by atoms with Gasteiger partial charge in [-0.25, -0.2) is 8.42 Å². The number of hydrogen-bond acceptors (Lipinski definition) is 3. The Labute approximate surface area is 122 Å². The summed E-state index contributed by atoms with van der Waals surface area (Å²) in [6.07, 6.45) is 1.85. The molecule has 0 N–H and O–H groups in total. The quantitative estimate of drug-likeness (QED) is 0.478. The zero-order valence-corrected chi connectivity index (χ0v) is 12.3. The van der Waals surface area contributed by atoms with E-state index in [1.54, 1.807) is 18.2 Å². The van der Waals surface area contributed by atoms with E-state index in [9.17, 15) is 13.0 Å². The van der Waals surface area contributed by atoms with E-state index in [2.05, 4.69) is 0 Å². The van der Waals surface area contributed by atoms with Gasteiger partial charge in [-0.15, -0.1) is 0 Å². The Bertz CT molecular complexity index is 682. The summed E-state index contributed by atoms with van der Waals surface area (Å²) in [7, 11) is -4.39. The van der Waals surface area contributed by atoms with Crippen LogP contribution in [0.2, 0.25) is 0 Å². The van der Waals surface area contributed by atoms with Crippen molar-refractivity contribution in [1.29, 1.82) is 0 Å². The Balaban J connectivity index is 0.00000108. The second-order valence-electron chi connectivity index (χ2n) is 4.02. The molecule has 0 aliphatic heterocycles. The van der Waals surface area contributed by atoms with Gasteiger partial charge in [-0.05, 0) is 40.8 Å². The zero-order valence-electron chi connectivity index (χ0n) is 9.43. The van der Waals surface area contributed by atoms with Crippen LogP contribution < -0.4 is 29.6 Å². The predicted octanol–water partition coefficient (Wildman–Crippen LogP) is -1.15. The van der Waals surface area contributed by atoms with Crippen molar-refractivity contribution in [3.8, 4) is 0 Å². The van der Waals surface area contributed by atoms with E-state index in [1.807, 2.05) is 6.07 Å². The summed E-state index contributed by atoms with van der Waals surface area (Å²) in [5, 5.41) is 1.53. The van der Waals surface area contributed by atoms with Crippen LogP contribution in [-0.2, 0) is 23.0 Å². The van der Waals surface area contributed by atoms with Crippen LogP contribution in [0.4, 0.5) is 0 Å². The largest absolute Gasteiger partial charge is 1.00 e. The molecular formula is C12H9NaO3S. The van der Waals surface area contributed by atoms with Crippen molar-refractivity contribution in [3.63, 3.8) is 0 Å². The predicted molar refractivity (Wildman–Crippen MR) is 59.3 cm³/mol. The molecular weight excluding hydrogens is 247 g/mol. The fraction of sp³-hybridized carbons (Fsp3) is 0.167. The summed E-state index contributed by atoms with van der Waals surface area (Å²) in [4.78, 5) is -0.102. The zero-order chi connectivity index (χ0) is 11.3.